The average Bonchev–Trinajstić information content (AvgIpc) is 2.65. The highest BCUT2D eigenvalue weighted by atomic mass is 16.5. The van der Waals surface area contributed by atoms with Crippen molar-refractivity contribution in [3.63, 3.8) is 0 Å². The van der Waals surface area contributed by atoms with Crippen LogP contribution in [-0.2, 0) is 14.3 Å². The van der Waals surface area contributed by atoms with Gasteiger partial charge in [0.1, 0.15) is 5.75 Å². The zero-order valence-corrected chi connectivity index (χ0v) is 16.7. The smallest absolute Gasteiger partial charge is 0.340 e. The predicted molar refractivity (Wildman–Crippen MR) is 100 cm³/mol. The summed E-state index contributed by atoms with van der Waals surface area (Å²) in [6.45, 7) is 7.51. The van der Waals surface area contributed by atoms with Crippen LogP contribution in [0, 0.1) is 5.41 Å². The number of esters is 1. The standard InChI is InChI=1S/C20H29NO6/c1-6-26-18(22)16-13(21(24)19(23)20(2,3)4)10-11-14(25-5)17(16)15-9-7-8-12-27-15/h10-11,15,24H,6-9,12H2,1-5H3. The quantitative estimate of drug-likeness (QED) is 0.475. The molecule has 0 aromatic heterocycles. The lowest BCUT2D eigenvalue weighted by atomic mass is 9.92. The summed E-state index contributed by atoms with van der Waals surface area (Å²) in [4.78, 5) is 25.4. The molecule has 150 valence electrons. The van der Waals surface area contributed by atoms with Crippen LogP contribution in [0.4, 0.5) is 5.69 Å². The lowest BCUT2D eigenvalue weighted by molar-refractivity contribution is -0.131. The Morgan fingerprint density at radius 1 is 1.30 bits per heavy atom. The Balaban J connectivity index is 2.65. The second kappa shape index (κ2) is 8.71. The topological polar surface area (TPSA) is 85.3 Å². The van der Waals surface area contributed by atoms with Crippen LogP contribution in [0.3, 0.4) is 0 Å². The van der Waals surface area contributed by atoms with E-state index >= 15 is 0 Å². The van der Waals surface area contributed by atoms with Gasteiger partial charge < -0.3 is 14.2 Å². The summed E-state index contributed by atoms with van der Waals surface area (Å²) < 4.78 is 16.5. The summed E-state index contributed by atoms with van der Waals surface area (Å²) >= 11 is 0. The van der Waals surface area contributed by atoms with Gasteiger partial charge in [-0.25, -0.2) is 4.79 Å². The summed E-state index contributed by atoms with van der Waals surface area (Å²) in [5.74, 6) is -0.699. The largest absolute Gasteiger partial charge is 0.496 e. The third kappa shape index (κ3) is 4.59. The summed E-state index contributed by atoms with van der Waals surface area (Å²) in [6, 6.07) is 3.12. The van der Waals surface area contributed by atoms with Crippen LogP contribution in [0.2, 0.25) is 0 Å². The van der Waals surface area contributed by atoms with Gasteiger partial charge in [0.25, 0.3) is 5.91 Å². The van der Waals surface area contributed by atoms with E-state index in [1.54, 1.807) is 33.8 Å². The molecule has 0 saturated carbocycles. The van der Waals surface area contributed by atoms with Gasteiger partial charge in [0, 0.05) is 17.6 Å². The van der Waals surface area contributed by atoms with Crippen molar-refractivity contribution in [3.05, 3.63) is 23.3 Å². The number of methoxy groups -OCH3 is 1. The highest BCUT2D eigenvalue weighted by molar-refractivity contribution is 6.04. The predicted octanol–water partition coefficient (Wildman–Crippen LogP) is 3.88. The van der Waals surface area contributed by atoms with Crippen molar-refractivity contribution >= 4 is 17.6 Å². The molecule has 1 amide bonds. The minimum atomic E-state index is -0.831. The molecule has 7 heteroatoms. The fourth-order valence-electron chi connectivity index (χ4n) is 3.08. The molecule has 1 aliphatic rings. The molecule has 0 aliphatic carbocycles. The maximum Gasteiger partial charge on any atom is 0.340 e. The van der Waals surface area contributed by atoms with Crippen molar-refractivity contribution in [2.75, 3.05) is 25.4 Å². The van der Waals surface area contributed by atoms with Crippen LogP contribution in [0.15, 0.2) is 12.1 Å². The van der Waals surface area contributed by atoms with E-state index in [9.17, 15) is 14.8 Å². The van der Waals surface area contributed by atoms with Gasteiger partial charge in [-0.15, -0.1) is 0 Å². The van der Waals surface area contributed by atoms with Gasteiger partial charge in [0.2, 0.25) is 0 Å². The second-order valence-electron chi connectivity index (χ2n) is 7.52. The number of carbonyl (C=O) groups is 2. The first-order chi connectivity index (χ1) is 12.7. The van der Waals surface area contributed by atoms with Gasteiger partial charge in [-0.1, -0.05) is 20.8 Å². The van der Waals surface area contributed by atoms with E-state index in [2.05, 4.69) is 0 Å². The van der Waals surface area contributed by atoms with Crippen LogP contribution in [0.5, 0.6) is 5.75 Å². The zero-order valence-electron chi connectivity index (χ0n) is 16.7. The number of benzene rings is 1. The number of ether oxygens (including phenoxy) is 3. The normalized spacial score (nSPS) is 17.3. The average molecular weight is 379 g/mol. The summed E-state index contributed by atoms with van der Waals surface area (Å²) in [7, 11) is 1.51. The first-order valence-corrected chi connectivity index (χ1v) is 9.25. The molecule has 27 heavy (non-hydrogen) atoms. The molecule has 1 fully saturated rings. The van der Waals surface area contributed by atoms with Crippen LogP contribution in [0.25, 0.3) is 0 Å². The molecular weight excluding hydrogens is 350 g/mol. The highest BCUT2D eigenvalue weighted by Gasteiger charge is 2.35. The Labute approximate surface area is 160 Å². The molecule has 1 N–H and O–H groups in total. The lowest BCUT2D eigenvalue weighted by Crippen LogP contribution is -2.38. The molecular formula is C20H29NO6. The maximum atomic E-state index is 12.8. The number of amides is 1. The Kier molecular flexibility index (Phi) is 6.84. The third-order valence-electron chi connectivity index (χ3n) is 4.45. The summed E-state index contributed by atoms with van der Waals surface area (Å²) in [6.07, 6.45) is 2.24. The van der Waals surface area contributed by atoms with E-state index in [4.69, 9.17) is 14.2 Å². The number of hydrogen-bond donors (Lipinski definition) is 1. The molecule has 1 atom stereocenters. The molecule has 1 unspecified atom stereocenters. The number of hydrogen-bond acceptors (Lipinski definition) is 6. The molecule has 7 nitrogen and oxygen atoms in total. The SMILES string of the molecule is CCOC(=O)c1c(N(O)C(=O)C(C)(C)C)ccc(OC)c1C1CCCCO1. The maximum absolute atomic E-state index is 12.8. The van der Waals surface area contributed by atoms with Crippen LogP contribution in [0.1, 0.15) is 69.0 Å². The first-order valence-electron chi connectivity index (χ1n) is 9.25. The third-order valence-corrected chi connectivity index (χ3v) is 4.45. The van der Waals surface area contributed by atoms with Crippen molar-refractivity contribution in [2.24, 2.45) is 5.41 Å². The molecule has 1 aliphatic heterocycles. The first kappa shape index (κ1) is 21.2. The van der Waals surface area contributed by atoms with E-state index in [0.717, 1.165) is 12.8 Å². The molecule has 1 heterocycles. The van der Waals surface area contributed by atoms with Gasteiger partial charge in [0.05, 0.1) is 31.1 Å². The molecule has 0 bridgehead atoms. The Morgan fingerprint density at radius 2 is 2.00 bits per heavy atom. The number of hydroxylamine groups is 1. The van der Waals surface area contributed by atoms with Crippen LogP contribution >= 0.6 is 0 Å². The Morgan fingerprint density at radius 3 is 2.52 bits per heavy atom. The number of carbonyl (C=O) groups excluding carboxylic acids is 2. The van der Waals surface area contributed by atoms with Crippen LogP contribution in [-0.4, -0.2) is 37.4 Å². The Bertz CT molecular complexity index is 688. The van der Waals surface area contributed by atoms with Crippen LogP contribution < -0.4 is 9.80 Å². The van der Waals surface area contributed by atoms with Gasteiger partial charge in [-0.2, -0.15) is 5.06 Å². The molecule has 1 aromatic carbocycles. The highest BCUT2D eigenvalue weighted by Crippen LogP contribution is 2.41. The van der Waals surface area contributed by atoms with Crippen molar-refractivity contribution in [1.29, 1.82) is 0 Å². The van der Waals surface area contributed by atoms with Gasteiger partial charge in [-0.05, 0) is 38.3 Å². The molecule has 0 spiro atoms. The zero-order chi connectivity index (χ0) is 20.2. The van der Waals surface area contributed by atoms with E-state index in [-0.39, 0.29) is 24.0 Å². The fourth-order valence-corrected chi connectivity index (χ4v) is 3.08. The number of rotatable bonds is 5. The van der Waals surface area contributed by atoms with E-state index < -0.39 is 17.3 Å². The number of anilines is 1. The minimum Gasteiger partial charge on any atom is -0.496 e. The summed E-state index contributed by atoms with van der Waals surface area (Å²) in [5, 5.41) is 11.1. The molecule has 1 aromatic rings. The Hall–Kier alpha value is -2.12. The fraction of sp³-hybridized carbons (Fsp3) is 0.600. The summed E-state index contributed by atoms with van der Waals surface area (Å²) in [5.41, 5.74) is -0.155. The molecule has 0 radical (unpaired) electrons. The van der Waals surface area contributed by atoms with Crippen molar-refractivity contribution < 1.29 is 29.0 Å². The van der Waals surface area contributed by atoms with Crippen molar-refractivity contribution in [1.82, 2.24) is 0 Å². The number of nitrogens with zero attached hydrogens (tertiary/aromatic N) is 1. The second-order valence-corrected chi connectivity index (χ2v) is 7.52. The van der Waals surface area contributed by atoms with Gasteiger partial charge in [-0.3, -0.25) is 10.0 Å². The van der Waals surface area contributed by atoms with Gasteiger partial charge >= 0.3 is 5.97 Å². The molecule has 1 saturated heterocycles. The minimum absolute atomic E-state index is 0.0679. The van der Waals surface area contributed by atoms with Gasteiger partial charge in [0.15, 0.2) is 0 Å². The van der Waals surface area contributed by atoms with Crippen molar-refractivity contribution in [2.45, 2.75) is 53.1 Å². The monoisotopic (exact) mass is 379 g/mol. The van der Waals surface area contributed by atoms with E-state index in [0.29, 0.717) is 29.4 Å². The lowest BCUT2D eigenvalue weighted by Gasteiger charge is -2.30. The van der Waals surface area contributed by atoms with E-state index in [1.807, 2.05) is 0 Å². The van der Waals surface area contributed by atoms with E-state index in [1.165, 1.54) is 13.2 Å². The molecule has 2 rings (SSSR count). The van der Waals surface area contributed by atoms with Crippen molar-refractivity contribution in [3.8, 4) is 5.75 Å².